The Morgan fingerprint density at radius 2 is 2.44 bits per heavy atom. The first-order valence-corrected chi connectivity index (χ1v) is 5.89. The summed E-state index contributed by atoms with van der Waals surface area (Å²) in [5, 5.41) is 8.67. The third kappa shape index (κ3) is 1.61. The van der Waals surface area contributed by atoms with Gasteiger partial charge in [0.25, 0.3) is 0 Å². The average Bonchev–Trinajstić information content (AvgIpc) is 2.90. The van der Waals surface area contributed by atoms with E-state index >= 15 is 0 Å². The van der Waals surface area contributed by atoms with Crippen molar-refractivity contribution in [2.45, 2.75) is 19.8 Å². The molecule has 3 rings (SSSR count). The Hall–Kier alpha value is -1.35. The molecular formula is C13H16N2O. The molecule has 84 valence electrons. The van der Waals surface area contributed by atoms with Crippen LogP contribution in [0.25, 0.3) is 11.0 Å². The van der Waals surface area contributed by atoms with Crippen molar-refractivity contribution in [2.75, 3.05) is 13.1 Å². The molecule has 1 aromatic heterocycles. The van der Waals surface area contributed by atoms with Crippen molar-refractivity contribution in [2.24, 2.45) is 5.92 Å². The first-order valence-electron chi connectivity index (χ1n) is 5.89. The Balaban J connectivity index is 1.98. The number of aromatic nitrogens is 1. The Kier molecular flexibility index (Phi) is 2.40. The monoisotopic (exact) mass is 216 g/mol. The Bertz CT molecular complexity index is 498. The van der Waals surface area contributed by atoms with Gasteiger partial charge in [0.15, 0.2) is 5.58 Å². The number of benzene rings is 1. The van der Waals surface area contributed by atoms with E-state index in [9.17, 15) is 0 Å². The number of hydrogen-bond donors (Lipinski definition) is 1. The van der Waals surface area contributed by atoms with Crippen LogP contribution in [0, 0.1) is 12.8 Å². The summed E-state index contributed by atoms with van der Waals surface area (Å²) in [4.78, 5) is 0. The molecule has 2 aromatic rings. The number of fused-ring (bicyclic) bond motifs is 1. The molecule has 1 atom stereocenters. The molecule has 0 amide bonds. The fourth-order valence-electron chi connectivity index (χ4n) is 2.60. The highest BCUT2D eigenvalue weighted by Crippen LogP contribution is 2.25. The van der Waals surface area contributed by atoms with Gasteiger partial charge in [-0.1, -0.05) is 17.3 Å². The van der Waals surface area contributed by atoms with Gasteiger partial charge in [-0.05, 0) is 50.4 Å². The molecular weight excluding hydrogens is 200 g/mol. The van der Waals surface area contributed by atoms with Crippen molar-refractivity contribution in [3.8, 4) is 0 Å². The number of rotatable bonds is 2. The molecule has 1 aromatic carbocycles. The largest absolute Gasteiger partial charge is 0.356 e. The van der Waals surface area contributed by atoms with Gasteiger partial charge in [0, 0.05) is 5.39 Å². The summed E-state index contributed by atoms with van der Waals surface area (Å²) < 4.78 is 5.29. The third-order valence-electron chi connectivity index (χ3n) is 3.43. The predicted octanol–water partition coefficient (Wildman–Crippen LogP) is 2.29. The summed E-state index contributed by atoms with van der Waals surface area (Å²) in [5.74, 6) is 0.764. The zero-order valence-corrected chi connectivity index (χ0v) is 9.49. The Morgan fingerprint density at radius 3 is 3.25 bits per heavy atom. The van der Waals surface area contributed by atoms with Gasteiger partial charge < -0.3 is 9.84 Å². The molecule has 0 bridgehead atoms. The van der Waals surface area contributed by atoms with Crippen LogP contribution in [-0.4, -0.2) is 18.2 Å². The van der Waals surface area contributed by atoms with Crippen LogP contribution in [0.2, 0.25) is 0 Å². The molecule has 1 unspecified atom stereocenters. The summed E-state index contributed by atoms with van der Waals surface area (Å²) in [6.07, 6.45) is 2.41. The maximum atomic E-state index is 5.29. The SMILES string of the molecule is Cc1noc2cccc(CC3CCNC3)c12. The van der Waals surface area contributed by atoms with Gasteiger partial charge in [-0.2, -0.15) is 0 Å². The van der Waals surface area contributed by atoms with Gasteiger partial charge >= 0.3 is 0 Å². The molecule has 0 saturated carbocycles. The van der Waals surface area contributed by atoms with Crippen LogP contribution in [0.4, 0.5) is 0 Å². The van der Waals surface area contributed by atoms with Gasteiger partial charge in [0.1, 0.15) is 0 Å². The lowest BCUT2D eigenvalue weighted by Crippen LogP contribution is -2.10. The molecule has 3 nitrogen and oxygen atoms in total. The predicted molar refractivity (Wildman–Crippen MR) is 63.4 cm³/mol. The van der Waals surface area contributed by atoms with E-state index < -0.39 is 0 Å². The second kappa shape index (κ2) is 3.91. The zero-order valence-electron chi connectivity index (χ0n) is 9.49. The van der Waals surface area contributed by atoms with Gasteiger partial charge in [-0.15, -0.1) is 0 Å². The van der Waals surface area contributed by atoms with E-state index in [1.165, 1.54) is 17.4 Å². The van der Waals surface area contributed by atoms with Crippen molar-refractivity contribution in [1.29, 1.82) is 0 Å². The molecule has 1 saturated heterocycles. The lowest BCUT2D eigenvalue weighted by atomic mass is 9.96. The molecule has 16 heavy (non-hydrogen) atoms. The molecule has 1 fully saturated rings. The normalized spacial score (nSPS) is 20.7. The van der Waals surface area contributed by atoms with Crippen LogP contribution in [-0.2, 0) is 6.42 Å². The van der Waals surface area contributed by atoms with Gasteiger partial charge in [0.2, 0.25) is 0 Å². The first kappa shape index (κ1) is 9.85. The van der Waals surface area contributed by atoms with Crippen LogP contribution < -0.4 is 5.32 Å². The summed E-state index contributed by atoms with van der Waals surface area (Å²) in [6, 6.07) is 6.25. The van der Waals surface area contributed by atoms with Crippen LogP contribution in [0.3, 0.4) is 0 Å². The molecule has 3 heteroatoms. The van der Waals surface area contributed by atoms with Crippen molar-refractivity contribution in [3.05, 3.63) is 29.5 Å². The van der Waals surface area contributed by atoms with Gasteiger partial charge in [-0.25, -0.2) is 0 Å². The van der Waals surface area contributed by atoms with Crippen LogP contribution in [0.5, 0.6) is 0 Å². The molecule has 0 spiro atoms. The highest BCUT2D eigenvalue weighted by molar-refractivity contribution is 5.82. The van der Waals surface area contributed by atoms with E-state index in [4.69, 9.17) is 4.52 Å². The fourth-order valence-corrected chi connectivity index (χ4v) is 2.60. The fraction of sp³-hybridized carbons (Fsp3) is 0.462. The van der Waals surface area contributed by atoms with Crippen LogP contribution in [0.15, 0.2) is 22.7 Å². The van der Waals surface area contributed by atoms with Crippen LogP contribution >= 0.6 is 0 Å². The van der Waals surface area contributed by atoms with E-state index in [0.29, 0.717) is 0 Å². The molecule has 1 N–H and O–H groups in total. The average molecular weight is 216 g/mol. The van der Waals surface area contributed by atoms with E-state index in [2.05, 4.69) is 22.6 Å². The van der Waals surface area contributed by atoms with Crippen molar-refractivity contribution in [1.82, 2.24) is 10.5 Å². The Morgan fingerprint density at radius 1 is 1.50 bits per heavy atom. The number of nitrogens with zero attached hydrogens (tertiary/aromatic N) is 1. The maximum Gasteiger partial charge on any atom is 0.167 e. The summed E-state index contributed by atoms with van der Waals surface area (Å²) in [5.41, 5.74) is 3.31. The lowest BCUT2D eigenvalue weighted by molar-refractivity contribution is 0.450. The quantitative estimate of drug-likeness (QED) is 0.837. The highest BCUT2D eigenvalue weighted by Gasteiger charge is 2.17. The van der Waals surface area contributed by atoms with Crippen LogP contribution in [0.1, 0.15) is 17.7 Å². The number of aryl methyl sites for hydroxylation is 1. The zero-order chi connectivity index (χ0) is 11.0. The highest BCUT2D eigenvalue weighted by atomic mass is 16.5. The van der Waals surface area contributed by atoms with Crippen molar-refractivity contribution < 1.29 is 4.52 Å². The molecule has 0 aliphatic carbocycles. The molecule has 1 aliphatic rings. The topological polar surface area (TPSA) is 38.1 Å². The maximum absolute atomic E-state index is 5.29. The standard InChI is InChI=1S/C13H16N2O/c1-9-13-11(7-10-5-6-14-8-10)3-2-4-12(13)16-15-9/h2-4,10,14H,5-8H2,1H3. The summed E-state index contributed by atoms with van der Waals surface area (Å²) in [6.45, 7) is 4.31. The van der Waals surface area contributed by atoms with E-state index in [1.807, 2.05) is 13.0 Å². The smallest absolute Gasteiger partial charge is 0.167 e. The first-order chi connectivity index (χ1) is 7.84. The molecule has 1 aliphatic heterocycles. The summed E-state index contributed by atoms with van der Waals surface area (Å²) in [7, 11) is 0. The van der Waals surface area contributed by atoms with E-state index in [-0.39, 0.29) is 0 Å². The van der Waals surface area contributed by atoms with E-state index in [0.717, 1.165) is 36.7 Å². The van der Waals surface area contributed by atoms with E-state index in [1.54, 1.807) is 0 Å². The Labute approximate surface area is 94.8 Å². The lowest BCUT2D eigenvalue weighted by Gasteiger charge is -2.08. The minimum absolute atomic E-state index is 0.764. The van der Waals surface area contributed by atoms with Crippen molar-refractivity contribution >= 4 is 11.0 Å². The third-order valence-corrected chi connectivity index (χ3v) is 3.43. The minimum Gasteiger partial charge on any atom is -0.356 e. The second-order valence-corrected chi connectivity index (χ2v) is 4.62. The van der Waals surface area contributed by atoms with Crippen molar-refractivity contribution in [3.63, 3.8) is 0 Å². The number of hydrogen-bond acceptors (Lipinski definition) is 3. The number of nitrogens with one attached hydrogen (secondary N) is 1. The molecule has 2 heterocycles. The second-order valence-electron chi connectivity index (χ2n) is 4.62. The van der Waals surface area contributed by atoms with Gasteiger partial charge in [-0.3, -0.25) is 0 Å². The summed E-state index contributed by atoms with van der Waals surface area (Å²) >= 11 is 0. The van der Waals surface area contributed by atoms with Gasteiger partial charge in [0.05, 0.1) is 5.69 Å². The minimum atomic E-state index is 0.764. The molecule has 0 radical (unpaired) electrons.